The van der Waals surface area contributed by atoms with Gasteiger partial charge < -0.3 is 10.0 Å². The molecule has 1 N–H and O–H groups in total. The second kappa shape index (κ2) is 7.00. The minimum Gasteiger partial charge on any atom is -0.394 e. The quantitative estimate of drug-likeness (QED) is 0.728. The van der Waals surface area contributed by atoms with Crippen molar-refractivity contribution in [2.75, 3.05) is 18.1 Å². The lowest BCUT2D eigenvalue weighted by atomic mass is 10.0. The minimum absolute atomic E-state index is 0.101. The van der Waals surface area contributed by atoms with Gasteiger partial charge in [-0.1, -0.05) is 0 Å². The van der Waals surface area contributed by atoms with Crippen molar-refractivity contribution < 1.29 is 23.1 Å². The molecule has 1 aromatic carbocycles. The first-order valence-corrected chi connectivity index (χ1v) is 8.90. The van der Waals surface area contributed by atoms with Crippen LogP contribution < -0.4 is 4.90 Å². The van der Waals surface area contributed by atoms with Crippen LogP contribution in [0, 0.1) is 6.92 Å². The van der Waals surface area contributed by atoms with Gasteiger partial charge in [0.15, 0.2) is 0 Å². The van der Waals surface area contributed by atoms with Crippen molar-refractivity contribution in [1.82, 2.24) is 14.8 Å². The van der Waals surface area contributed by atoms with Crippen LogP contribution in [0.15, 0.2) is 48.8 Å². The highest BCUT2D eigenvalue weighted by Gasteiger charge is 2.36. The number of carbonyl (C=O) groups is 1. The zero-order valence-corrected chi connectivity index (χ0v) is 15.4. The molecule has 1 aliphatic heterocycles. The summed E-state index contributed by atoms with van der Waals surface area (Å²) < 4.78 is 40.0. The van der Waals surface area contributed by atoms with Crippen molar-refractivity contribution in [2.45, 2.75) is 19.1 Å². The lowest BCUT2D eigenvalue weighted by Gasteiger charge is -2.33. The Kier molecular flexibility index (Phi) is 4.62. The highest BCUT2D eigenvalue weighted by atomic mass is 19.4. The summed E-state index contributed by atoms with van der Waals surface area (Å²) in [5, 5.41) is 14.1. The molecule has 6 nitrogen and oxygen atoms in total. The molecule has 3 aromatic rings. The molecule has 150 valence electrons. The van der Waals surface area contributed by atoms with E-state index in [9.17, 15) is 23.1 Å². The molecule has 0 saturated carbocycles. The lowest BCUT2D eigenvalue weighted by molar-refractivity contribution is -0.137. The Morgan fingerprint density at radius 2 is 1.93 bits per heavy atom. The summed E-state index contributed by atoms with van der Waals surface area (Å²) in [5.41, 5.74) is 1.91. The molecule has 0 saturated heterocycles. The number of benzene rings is 1. The Labute approximate surface area is 164 Å². The van der Waals surface area contributed by atoms with Crippen LogP contribution in [-0.2, 0) is 6.18 Å². The highest BCUT2D eigenvalue weighted by Crippen LogP contribution is 2.34. The second-order valence-electron chi connectivity index (χ2n) is 6.83. The third kappa shape index (κ3) is 3.38. The van der Waals surface area contributed by atoms with Gasteiger partial charge in [-0.25, -0.2) is 0 Å². The molecular weight excluding hydrogens is 385 g/mol. The minimum atomic E-state index is -4.46. The molecule has 29 heavy (non-hydrogen) atoms. The van der Waals surface area contributed by atoms with Crippen molar-refractivity contribution in [3.05, 3.63) is 65.7 Å². The number of aromatic nitrogens is 3. The Balaban J connectivity index is 1.77. The second-order valence-corrected chi connectivity index (χ2v) is 6.83. The van der Waals surface area contributed by atoms with E-state index in [0.29, 0.717) is 11.3 Å². The van der Waals surface area contributed by atoms with Gasteiger partial charge in [-0.15, -0.1) is 0 Å². The first-order valence-electron chi connectivity index (χ1n) is 8.90. The van der Waals surface area contributed by atoms with E-state index in [-0.39, 0.29) is 18.8 Å². The molecular formula is C20H17F3N4O2. The van der Waals surface area contributed by atoms with Gasteiger partial charge in [0.25, 0.3) is 5.91 Å². The summed E-state index contributed by atoms with van der Waals surface area (Å²) in [4.78, 5) is 18.8. The topological polar surface area (TPSA) is 71.2 Å². The van der Waals surface area contributed by atoms with Crippen molar-refractivity contribution >= 4 is 11.6 Å². The molecule has 3 heterocycles. The Hall–Kier alpha value is -3.20. The smallest absolute Gasteiger partial charge is 0.394 e. The first-order chi connectivity index (χ1) is 13.8. The lowest BCUT2D eigenvalue weighted by Crippen LogP contribution is -2.44. The zero-order chi connectivity index (χ0) is 20.8. The van der Waals surface area contributed by atoms with Gasteiger partial charge in [-0.2, -0.15) is 18.3 Å². The zero-order valence-electron chi connectivity index (χ0n) is 15.4. The number of carbonyl (C=O) groups excluding carboxylic acids is 1. The number of halogens is 3. The SMILES string of the molecule is Cc1cc(-c2cnn3c2C(=O)N(c2ccc(C(F)(F)F)cc2)CC3CO)ccn1. The number of amides is 1. The summed E-state index contributed by atoms with van der Waals surface area (Å²) in [7, 11) is 0. The van der Waals surface area contributed by atoms with E-state index in [4.69, 9.17) is 0 Å². The molecule has 1 atom stereocenters. The van der Waals surface area contributed by atoms with Gasteiger partial charge in [0.1, 0.15) is 5.69 Å². The largest absolute Gasteiger partial charge is 0.416 e. The molecule has 4 rings (SSSR count). The number of anilines is 1. The van der Waals surface area contributed by atoms with Gasteiger partial charge in [0, 0.05) is 23.1 Å². The average molecular weight is 402 g/mol. The predicted octanol–water partition coefficient (Wildman–Crippen LogP) is 3.47. The van der Waals surface area contributed by atoms with Crippen LogP contribution in [0.25, 0.3) is 11.1 Å². The average Bonchev–Trinajstić information content (AvgIpc) is 3.14. The maximum atomic E-state index is 13.2. The molecule has 1 aliphatic rings. The predicted molar refractivity (Wildman–Crippen MR) is 99.4 cm³/mol. The van der Waals surface area contributed by atoms with E-state index in [1.165, 1.54) is 21.7 Å². The van der Waals surface area contributed by atoms with Crippen molar-refractivity contribution in [1.29, 1.82) is 0 Å². The summed E-state index contributed by atoms with van der Waals surface area (Å²) >= 11 is 0. The summed E-state index contributed by atoms with van der Waals surface area (Å²) in [6.45, 7) is 1.66. The molecule has 9 heteroatoms. The summed E-state index contributed by atoms with van der Waals surface area (Å²) in [6, 6.07) is 7.46. The van der Waals surface area contributed by atoms with Crippen LogP contribution in [-0.4, -0.2) is 38.9 Å². The van der Waals surface area contributed by atoms with Gasteiger partial charge in [-0.3, -0.25) is 14.5 Å². The monoisotopic (exact) mass is 402 g/mol. The van der Waals surface area contributed by atoms with E-state index in [0.717, 1.165) is 23.4 Å². The fourth-order valence-electron chi connectivity index (χ4n) is 3.46. The molecule has 0 spiro atoms. The third-order valence-electron chi connectivity index (χ3n) is 4.91. The van der Waals surface area contributed by atoms with Crippen LogP contribution in [0.4, 0.5) is 18.9 Å². The van der Waals surface area contributed by atoms with Crippen LogP contribution in [0.2, 0.25) is 0 Å². The Bertz CT molecular complexity index is 1060. The number of hydrogen-bond donors (Lipinski definition) is 1. The maximum Gasteiger partial charge on any atom is 0.416 e. The number of aliphatic hydroxyl groups is 1. The van der Waals surface area contributed by atoms with E-state index < -0.39 is 23.7 Å². The number of aliphatic hydroxyl groups excluding tert-OH is 1. The van der Waals surface area contributed by atoms with Crippen molar-refractivity contribution in [3.8, 4) is 11.1 Å². The van der Waals surface area contributed by atoms with Crippen molar-refractivity contribution in [3.63, 3.8) is 0 Å². The maximum absolute atomic E-state index is 13.2. The number of pyridine rings is 1. The van der Waals surface area contributed by atoms with Crippen LogP contribution >= 0.6 is 0 Å². The fraction of sp³-hybridized carbons (Fsp3) is 0.250. The van der Waals surface area contributed by atoms with Gasteiger partial charge in [0.2, 0.25) is 0 Å². The number of aryl methyl sites for hydroxylation is 1. The standard InChI is InChI=1S/C20H17F3N4O2/c1-12-8-13(6-7-24-12)17-9-25-27-16(11-28)10-26(19(29)18(17)27)15-4-2-14(3-5-15)20(21,22)23/h2-9,16,28H,10-11H2,1H3. The third-order valence-corrected chi connectivity index (χ3v) is 4.91. The van der Waals surface area contributed by atoms with Gasteiger partial charge >= 0.3 is 6.18 Å². The summed E-state index contributed by atoms with van der Waals surface area (Å²) in [6.07, 6.45) is -1.27. The van der Waals surface area contributed by atoms with Crippen LogP contribution in [0.5, 0.6) is 0 Å². The number of hydrogen-bond acceptors (Lipinski definition) is 4. The molecule has 0 fully saturated rings. The van der Waals surface area contributed by atoms with E-state index in [1.807, 2.05) is 13.0 Å². The van der Waals surface area contributed by atoms with E-state index in [2.05, 4.69) is 10.1 Å². The normalized spacial score (nSPS) is 16.8. The molecule has 1 amide bonds. The van der Waals surface area contributed by atoms with E-state index >= 15 is 0 Å². The molecule has 0 aliphatic carbocycles. The van der Waals surface area contributed by atoms with Crippen LogP contribution in [0.3, 0.4) is 0 Å². The number of fused-ring (bicyclic) bond motifs is 1. The number of rotatable bonds is 3. The fourth-order valence-corrected chi connectivity index (χ4v) is 3.46. The first kappa shape index (κ1) is 19.1. The Morgan fingerprint density at radius 1 is 1.21 bits per heavy atom. The number of nitrogens with zero attached hydrogens (tertiary/aromatic N) is 4. The van der Waals surface area contributed by atoms with Crippen molar-refractivity contribution in [2.24, 2.45) is 0 Å². The summed E-state index contributed by atoms with van der Waals surface area (Å²) in [5.74, 6) is -0.392. The molecule has 0 bridgehead atoms. The highest BCUT2D eigenvalue weighted by molar-refractivity contribution is 6.09. The van der Waals surface area contributed by atoms with E-state index in [1.54, 1.807) is 18.5 Å². The number of alkyl halides is 3. The van der Waals surface area contributed by atoms with Gasteiger partial charge in [-0.05, 0) is 48.9 Å². The van der Waals surface area contributed by atoms with Crippen LogP contribution in [0.1, 0.15) is 27.8 Å². The molecule has 2 aromatic heterocycles. The molecule has 0 radical (unpaired) electrons. The molecule has 1 unspecified atom stereocenters. The van der Waals surface area contributed by atoms with Gasteiger partial charge in [0.05, 0.1) is 31.0 Å². The Morgan fingerprint density at radius 3 is 2.55 bits per heavy atom.